The highest BCUT2D eigenvalue weighted by Gasteiger charge is 2.15. The lowest BCUT2D eigenvalue weighted by atomic mass is 9.87. The number of benzene rings is 1. The van der Waals surface area contributed by atoms with E-state index in [4.69, 9.17) is 0 Å². The van der Waals surface area contributed by atoms with Gasteiger partial charge in [0.1, 0.15) is 0 Å². The van der Waals surface area contributed by atoms with Crippen LogP contribution in [0.25, 0.3) is 0 Å². The molecule has 108 valence electrons. The van der Waals surface area contributed by atoms with Gasteiger partial charge in [-0.25, -0.2) is 0 Å². The smallest absolute Gasteiger partial charge is 0.251 e. The molecule has 3 rings (SSSR count). The molecule has 1 aliphatic carbocycles. The molecule has 0 spiro atoms. The second-order valence-corrected chi connectivity index (χ2v) is 6.14. The Labute approximate surface area is 121 Å². The summed E-state index contributed by atoms with van der Waals surface area (Å²) in [5, 5.41) is 6.39. The maximum Gasteiger partial charge on any atom is 0.251 e. The van der Waals surface area contributed by atoms with Crippen molar-refractivity contribution in [1.29, 1.82) is 0 Å². The second kappa shape index (κ2) is 6.40. The van der Waals surface area contributed by atoms with Gasteiger partial charge in [-0.05, 0) is 35.6 Å². The molecular weight excluding hydrogens is 248 g/mol. The summed E-state index contributed by atoms with van der Waals surface area (Å²) in [6, 6.07) is 6.05. The van der Waals surface area contributed by atoms with Crippen LogP contribution in [0.15, 0.2) is 18.2 Å². The average Bonchev–Trinajstić information content (AvgIpc) is 2.95. The lowest BCUT2D eigenvalue weighted by molar-refractivity contribution is 0.0950. The summed E-state index contributed by atoms with van der Waals surface area (Å²) in [6.07, 6.45) is 7.97. The average molecular weight is 272 g/mol. The molecule has 1 fully saturated rings. The van der Waals surface area contributed by atoms with Crippen molar-refractivity contribution in [2.24, 2.45) is 5.92 Å². The maximum atomic E-state index is 12.2. The summed E-state index contributed by atoms with van der Waals surface area (Å²) < 4.78 is 0. The molecule has 1 heterocycles. The molecule has 1 amide bonds. The normalized spacial score (nSPS) is 18.8. The molecule has 0 bridgehead atoms. The molecule has 1 aliphatic heterocycles. The first-order valence-electron chi connectivity index (χ1n) is 7.93. The van der Waals surface area contributed by atoms with Crippen LogP contribution >= 0.6 is 0 Å². The summed E-state index contributed by atoms with van der Waals surface area (Å²) in [7, 11) is 0. The molecule has 3 nitrogen and oxygen atoms in total. The maximum absolute atomic E-state index is 12.2. The van der Waals surface area contributed by atoms with Crippen LogP contribution in [0.4, 0.5) is 0 Å². The third-order valence-electron chi connectivity index (χ3n) is 4.66. The summed E-state index contributed by atoms with van der Waals surface area (Å²) in [4.78, 5) is 12.2. The summed E-state index contributed by atoms with van der Waals surface area (Å²) in [6.45, 7) is 2.64. The first kappa shape index (κ1) is 13.6. The highest BCUT2D eigenvalue weighted by molar-refractivity contribution is 5.94. The van der Waals surface area contributed by atoms with Crippen LogP contribution in [0.1, 0.15) is 60.0 Å². The molecule has 0 unspecified atom stereocenters. The van der Waals surface area contributed by atoms with Gasteiger partial charge < -0.3 is 10.6 Å². The van der Waals surface area contributed by atoms with Gasteiger partial charge in [-0.15, -0.1) is 0 Å². The Balaban J connectivity index is 1.49. The van der Waals surface area contributed by atoms with E-state index >= 15 is 0 Å². The van der Waals surface area contributed by atoms with Gasteiger partial charge >= 0.3 is 0 Å². The third-order valence-corrected chi connectivity index (χ3v) is 4.66. The van der Waals surface area contributed by atoms with E-state index in [1.807, 2.05) is 12.1 Å². The van der Waals surface area contributed by atoms with Crippen LogP contribution < -0.4 is 10.6 Å². The lowest BCUT2D eigenvalue weighted by Crippen LogP contribution is -2.26. The van der Waals surface area contributed by atoms with E-state index in [1.54, 1.807) is 0 Å². The molecule has 3 heteroatoms. The summed E-state index contributed by atoms with van der Waals surface area (Å²) >= 11 is 0. The van der Waals surface area contributed by atoms with E-state index in [-0.39, 0.29) is 5.91 Å². The molecular formula is C17H24N2O. The van der Waals surface area contributed by atoms with Gasteiger partial charge in [0.05, 0.1) is 0 Å². The van der Waals surface area contributed by atoms with Gasteiger partial charge in [-0.1, -0.05) is 38.2 Å². The minimum Gasteiger partial charge on any atom is -0.352 e. The van der Waals surface area contributed by atoms with Crippen LogP contribution in [-0.2, 0) is 13.1 Å². The molecule has 1 saturated carbocycles. The van der Waals surface area contributed by atoms with Gasteiger partial charge in [0.15, 0.2) is 0 Å². The standard InChI is InChI=1S/C17H24N2O/c20-17(19-9-8-13-4-2-1-3-5-13)14-6-7-15-11-18-12-16(15)10-14/h6-7,10,13,18H,1-5,8-9,11-12H2,(H,19,20). The lowest BCUT2D eigenvalue weighted by Gasteiger charge is -2.21. The fourth-order valence-corrected chi connectivity index (χ4v) is 3.40. The molecule has 20 heavy (non-hydrogen) atoms. The van der Waals surface area contributed by atoms with E-state index in [2.05, 4.69) is 16.7 Å². The van der Waals surface area contributed by atoms with Crippen molar-refractivity contribution >= 4 is 5.91 Å². The van der Waals surface area contributed by atoms with E-state index < -0.39 is 0 Å². The Bertz CT molecular complexity index is 478. The molecule has 0 atom stereocenters. The number of carbonyl (C=O) groups excluding carboxylic acids is 1. The van der Waals surface area contributed by atoms with Crippen LogP contribution in [0.3, 0.4) is 0 Å². The SMILES string of the molecule is O=C(NCCC1CCCCC1)c1ccc2c(c1)CNC2. The van der Waals surface area contributed by atoms with Crippen molar-refractivity contribution in [3.05, 3.63) is 34.9 Å². The highest BCUT2D eigenvalue weighted by Crippen LogP contribution is 2.25. The quantitative estimate of drug-likeness (QED) is 0.884. The van der Waals surface area contributed by atoms with Gasteiger partial charge in [-0.3, -0.25) is 4.79 Å². The van der Waals surface area contributed by atoms with Crippen LogP contribution in [0.5, 0.6) is 0 Å². The number of fused-ring (bicyclic) bond motifs is 1. The van der Waals surface area contributed by atoms with Crippen molar-refractivity contribution in [1.82, 2.24) is 10.6 Å². The molecule has 1 aromatic carbocycles. The van der Waals surface area contributed by atoms with Crippen molar-refractivity contribution in [2.75, 3.05) is 6.54 Å². The van der Waals surface area contributed by atoms with E-state index in [0.29, 0.717) is 0 Å². The minimum absolute atomic E-state index is 0.0792. The number of nitrogens with one attached hydrogen (secondary N) is 2. The summed E-state index contributed by atoms with van der Waals surface area (Å²) in [5.74, 6) is 0.906. The zero-order valence-corrected chi connectivity index (χ0v) is 12.1. The first-order chi connectivity index (χ1) is 9.83. The van der Waals surface area contributed by atoms with Crippen LogP contribution in [0.2, 0.25) is 0 Å². The molecule has 1 aromatic rings. The fourth-order valence-electron chi connectivity index (χ4n) is 3.40. The molecule has 0 radical (unpaired) electrons. The van der Waals surface area contributed by atoms with E-state index in [0.717, 1.165) is 37.5 Å². The number of amides is 1. The van der Waals surface area contributed by atoms with Crippen molar-refractivity contribution in [2.45, 2.75) is 51.6 Å². The Morgan fingerprint density at radius 3 is 2.80 bits per heavy atom. The van der Waals surface area contributed by atoms with Crippen molar-refractivity contribution in [3.63, 3.8) is 0 Å². The Kier molecular flexibility index (Phi) is 4.36. The Morgan fingerprint density at radius 1 is 1.15 bits per heavy atom. The third kappa shape index (κ3) is 3.21. The largest absolute Gasteiger partial charge is 0.352 e. The number of hydrogen-bond donors (Lipinski definition) is 2. The van der Waals surface area contributed by atoms with E-state index in [1.165, 1.54) is 43.2 Å². The van der Waals surface area contributed by atoms with Gasteiger partial charge in [0.25, 0.3) is 5.91 Å². The minimum atomic E-state index is 0.0792. The topological polar surface area (TPSA) is 41.1 Å². The predicted molar refractivity (Wildman–Crippen MR) is 80.5 cm³/mol. The molecule has 2 aliphatic rings. The van der Waals surface area contributed by atoms with Crippen LogP contribution in [-0.4, -0.2) is 12.5 Å². The zero-order valence-electron chi connectivity index (χ0n) is 12.1. The predicted octanol–water partition coefficient (Wildman–Crippen LogP) is 2.99. The second-order valence-electron chi connectivity index (χ2n) is 6.14. The first-order valence-corrected chi connectivity index (χ1v) is 7.93. The zero-order chi connectivity index (χ0) is 13.8. The molecule has 0 saturated heterocycles. The number of rotatable bonds is 4. The number of hydrogen-bond acceptors (Lipinski definition) is 2. The number of carbonyl (C=O) groups is 1. The molecule has 2 N–H and O–H groups in total. The Hall–Kier alpha value is -1.35. The summed E-state index contributed by atoms with van der Waals surface area (Å²) in [5.41, 5.74) is 3.39. The highest BCUT2D eigenvalue weighted by atomic mass is 16.1. The van der Waals surface area contributed by atoms with Crippen molar-refractivity contribution in [3.8, 4) is 0 Å². The van der Waals surface area contributed by atoms with Gasteiger partial charge in [-0.2, -0.15) is 0 Å². The molecule has 0 aromatic heterocycles. The van der Waals surface area contributed by atoms with Gasteiger partial charge in [0.2, 0.25) is 0 Å². The monoisotopic (exact) mass is 272 g/mol. The fraction of sp³-hybridized carbons (Fsp3) is 0.588. The van der Waals surface area contributed by atoms with Gasteiger partial charge in [0, 0.05) is 25.2 Å². The van der Waals surface area contributed by atoms with Crippen LogP contribution in [0, 0.1) is 5.92 Å². The Morgan fingerprint density at radius 2 is 1.95 bits per heavy atom. The van der Waals surface area contributed by atoms with Crippen molar-refractivity contribution < 1.29 is 4.79 Å². The van der Waals surface area contributed by atoms with E-state index in [9.17, 15) is 4.79 Å².